The molecular formula is C54H73Br2ClN6O11. The van der Waals surface area contributed by atoms with Crippen LogP contribution < -0.4 is 15.5 Å². The molecule has 406 valence electrons. The standard InChI is InChI=1S/C37H52ClN3O8.C17H21Br2N3O3/c1-9-47-14-13-31(42)40(7)25(5)34(44)49-30-19-32(43)41(8)29-17-26(16-23(3)33(29)38)15-22(2)11-10-12-24(4)37(46)21-28(48-35(45)39-37)18-27-20-36(27,30)6;1-2-24-7-8-25-6-5-20-17(23)12-3-4-13-14(9-12)22-16(11-19)15(10-18)21-13/h10-12,16-17,24-25,27-28,30,46H,9,13-15,18-21H2,1-8H3,(H,39,45);3-4,9H,2,5-8,10-11H2,1H3,(H,20,23)/b12-10+,22-11+;/t24-,25-,27?,28-,30+,36-,37+;/m1./s1. The van der Waals surface area contributed by atoms with E-state index < -0.39 is 47.4 Å². The first-order chi connectivity index (χ1) is 35.2. The van der Waals surface area contributed by atoms with Gasteiger partial charge in [-0.25, -0.2) is 19.6 Å². The maximum Gasteiger partial charge on any atom is 0.409 e. The molecule has 7 atom stereocenters. The Morgan fingerprint density at radius 1 is 1.00 bits per heavy atom. The van der Waals surface area contributed by atoms with Gasteiger partial charge in [-0.2, -0.15) is 0 Å². The van der Waals surface area contributed by atoms with Crippen LogP contribution in [0.2, 0.25) is 5.02 Å². The average molecular weight is 1180 g/mol. The second-order valence-electron chi connectivity index (χ2n) is 19.4. The fourth-order valence-corrected chi connectivity index (χ4v) is 10.1. The molecule has 1 aliphatic carbocycles. The number of carbonyl (C=O) groups is 5. The van der Waals surface area contributed by atoms with Gasteiger partial charge >= 0.3 is 12.1 Å². The van der Waals surface area contributed by atoms with E-state index in [1.165, 1.54) is 9.80 Å². The van der Waals surface area contributed by atoms with Gasteiger partial charge in [-0.1, -0.05) is 87.2 Å². The molecule has 2 aromatic carbocycles. The van der Waals surface area contributed by atoms with Gasteiger partial charge in [0.05, 0.1) is 72.4 Å². The molecule has 1 aromatic heterocycles. The van der Waals surface area contributed by atoms with Crippen molar-refractivity contribution < 1.29 is 52.8 Å². The molecule has 0 radical (unpaired) electrons. The summed E-state index contributed by atoms with van der Waals surface area (Å²) in [5.74, 6) is -1.82. The number of aromatic nitrogens is 2. The number of aryl methyl sites for hydroxylation is 1. The highest BCUT2D eigenvalue weighted by atomic mass is 79.9. The Morgan fingerprint density at radius 2 is 1.68 bits per heavy atom. The van der Waals surface area contributed by atoms with Crippen LogP contribution >= 0.6 is 43.5 Å². The topological polar surface area (TPSA) is 208 Å². The number of anilines is 1. The summed E-state index contributed by atoms with van der Waals surface area (Å²) < 4.78 is 27.6. The number of ether oxygens (including phenoxy) is 5. The zero-order valence-corrected chi connectivity index (χ0v) is 48.0. The summed E-state index contributed by atoms with van der Waals surface area (Å²) >= 11 is 13.6. The molecule has 1 saturated carbocycles. The average Bonchev–Trinajstić information content (AvgIpc) is 4.03. The monoisotopic (exact) mass is 1170 g/mol. The van der Waals surface area contributed by atoms with Crippen molar-refractivity contribution in [3.05, 3.63) is 87.2 Å². The van der Waals surface area contributed by atoms with E-state index in [4.69, 9.17) is 35.3 Å². The molecule has 4 bridgehead atoms. The van der Waals surface area contributed by atoms with Gasteiger partial charge in [0.15, 0.2) is 0 Å². The van der Waals surface area contributed by atoms with Crippen molar-refractivity contribution in [1.29, 1.82) is 0 Å². The second-order valence-corrected chi connectivity index (χ2v) is 20.9. The smallest absolute Gasteiger partial charge is 0.409 e. The molecule has 3 aromatic rings. The van der Waals surface area contributed by atoms with Crippen LogP contribution in [0, 0.1) is 24.2 Å². The van der Waals surface area contributed by atoms with Gasteiger partial charge in [-0.3, -0.25) is 19.7 Å². The number of nitrogens with one attached hydrogen (secondary N) is 2. The number of hydrogen-bond acceptors (Lipinski definition) is 13. The van der Waals surface area contributed by atoms with Gasteiger partial charge in [0.1, 0.15) is 24.0 Å². The molecule has 1 unspecified atom stereocenters. The van der Waals surface area contributed by atoms with E-state index in [0.29, 0.717) is 91.3 Å². The number of allylic oxidation sites excluding steroid dienone is 3. The minimum Gasteiger partial charge on any atom is -0.460 e. The van der Waals surface area contributed by atoms with Gasteiger partial charge in [-0.05, 0) is 95.2 Å². The minimum atomic E-state index is -1.52. The van der Waals surface area contributed by atoms with E-state index in [2.05, 4.69) is 52.5 Å². The summed E-state index contributed by atoms with van der Waals surface area (Å²) in [6, 6.07) is 8.33. The van der Waals surface area contributed by atoms with Crippen LogP contribution in [0.15, 0.2) is 54.1 Å². The van der Waals surface area contributed by atoms with E-state index in [-0.39, 0.29) is 49.5 Å². The highest BCUT2D eigenvalue weighted by Gasteiger charge is 2.59. The molecule has 20 heteroatoms. The third-order valence-corrected chi connectivity index (χ3v) is 15.5. The lowest BCUT2D eigenvalue weighted by atomic mass is 9.87. The Kier molecular flexibility index (Phi) is 22.9. The Balaban J connectivity index is 0.000000339. The Labute approximate surface area is 457 Å². The zero-order valence-electron chi connectivity index (χ0n) is 44.1. The Hall–Kier alpha value is -4.50. The lowest BCUT2D eigenvalue weighted by molar-refractivity contribution is -0.162. The zero-order chi connectivity index (χ0) is 54.3. The van der Waals surface area contributed by atoms with Crippen LogP contribution in [-0.4, -0.2) is 134 Å². The van der Waals surface area contributed by atoms with Gasteiger partial charge in [0.2, 0.25) is 11.8 Å². The van der Waals surface area contributed by atoms with Gasteiger partial charge in [0, 0.05) is 67.8 Å². The summed E-state index contributed by atoms with van der Waals surface area (Å²) in [5.41, 5.74) is 5.04. The number of nitrogens with zero attached hydrogens (tertiary/aromatic N) is 4. The maximum atomic E-state index is 14.0. The summed E-state index contributed by atoms with van der Waals surface area (Å²) in [4.78, 5) is 77.3. The van der Waals surface area contributed by atoms with Crippen LogP contribution in [0.4, 0.5) is 10.5 Å². The first kappa shape index (κ1) is 60.4. The summed E-state index contributed by atoms with van der Waals surface area (Å²) in [6.45, 7) is 16.5. The lowest BCUT2D eigenvalue weighted by Gasteiger charge is -2.40. The highest BCUT2D eigenvalue weighted by molar-refractivity contribution is 9.09. The molecule has 3 heterocycles. The molecule has 3 N–H and O–H groups in total. The lowest BCUT2D eigenvalue weighted by Crippen LogP contribution is -2.59. The van der Waals surface area contributed by atoms with E-state index in [0.717, 1.165) is 33.6 Å². The number of alkyl halides is 2. The number of benzene rings is 2. The van der Waals surface area contributed by atoms with Crippen molar-refractivity contribution >= 4 is 90.0 Å². The van der Waals surface area contributed by atoms with E-state index >= 15 is 0 Å². The van der Waals surface area contributed by atoms with Crippen molar-refractivity contribution in [1.82, 2.24) is 25.5 Å². The van der Waals surface area contributed by atoms with Crippen molar-refractivity contribution in [2.45, 2.75) is 122 Å². The van der Waals surface area contributed by atoms with E-state index in [1.807, 2.05) is 78.0 Å². The van der Waals surface area contributed by atoms with E-state index in [9.17, 15) is 29.1 Å². The van der Waals surface area contributed by atoms with Crippen LogP contribution in [-0.2, 0) is 55.1 Å². The molecule has 3 aliphatic rings. The Morgan fingerprint density at radius 3 is 2.36 bits per heavy atom. The Bertz CT molecular complexity index is 2530. The predicted molar refractivity (Wildman–Crippen MR) is 291 cm³/mol. The minimum absolute atomic E-state index is 0.0721. The van der Waals surface area contributed by atoms with Gasteiger partial charge in [-0.15, -0.1) is 0 Å². The van der Waals surface area contributed by atoms with Gasteiger partial charge in [0.25, 0.3) is 5.91 Å². The summed E-state index contributed by atoms with van der Waals surface area (Å²) in [5, 5.41) is 18.7. The largest absolute Gasteiger partial charge is 0.460 e. The number of fused-ring (bicyclic) bond motifs is 6. The van der Waals surface area contributed by atoms with Crippen molar-refractivity contribution in [3.63, 3.8) is 0 Å². The predicted octanol–water partition coefficient (Wildman–Crippen LogP) is 8.69. The number of halogens is 3. The fourth-order valence-electron chi connectivity index (χ4n) is 8.98. The second kappa shape index (κ2) is 28.0. The quantitative estimate of drug-likeness (QED) is 0.0658. The molecule has 17 nitrogen and oxygen atoms in total. The highest BCUT2D eigenvalue weighted by Crippen LogP contribution is 2.59. The van der Waals surface area contributed by atoms with Crippen molar-refractivity contribution in [2.24, 2.45) is 17.3 Å². The molecule has 1 saturated heterocycles. The van der Waals surface area contributed by atoms with Crippen LogP contribution in [0.3, 0.4) is 0 Å². The fraction of sp³-hybridized carbons (Fsp3) is 0.574. The normalized spacial score (nSPS) is 24.4. The third-order valence-electron chi connectivity index (χ3n) is 14.0. The molecule has 6 rings (SSSR count). The molecular weight excluding hydrogens is 1100 g/mol. The number of esters is 1. The van der Waals surface area contributed by atoms with Crippen LogP contribution in [0.1, 0.15) is 107 Å². The third kappa shape index (κ3) is 16.3. The number of hydrogen-bond donors (Lipinski definition) is 3. The molecule has 2 aliphatic heterocycles. The van der Waals surface area contributed by atoms with Crippen molar-refractivity contribution in [3.8, 4) is 0 Å². The van der Waals surface area contributed by atoms with E-state index in [1.54, 1.807) is 33.2 Å². The number of alkyl carbamates (subject to hydrolysis) is 1. The molecule has 4 amide bonds. The first-order valence-corrected chi connectivity index (χ1v) is 27.8. The number of carbonyl (C=O) groups excluding carboxylic acids is 5. The molecule has 2 fully saturated rings. The van der Waals surface area contributed by atoms with Crippen LogP contribution in [0.25, 0.3) is 11.0 Å². The van der Waals surface area contributed by atoms with Gasteiger partial charge < -0.3 is 43.9 Å². The number of amides is 4. The number of rotatable bonds is 17. The molecule has 0 spiro atoms. The number of likely N-dealkylation sites (N-methyl/N-ethyl adjacent to an activating group) is 1. The van der Waals surface area contributed by atoms with Crippen LogP contribution in [0.5, 0.6) is 0 Å². The summed E-state index contributed by atoms with van der Waals surface area (Å²) in [7, 11) is 3.21. The molecule has 74 heavy (non-hydrogen) atoms. The SMILES string of the molecule is CCOCCC(=O)N(C)[C@H](C)C(=O)O[C@H]1CC(=O)N(C)c2cc(cc(C)c2Cl)C/C(C)=C/C=C/[C@@H](C)[C@@]2(O)C[C@@H](CC3C[C@]31C)OC(=O)N2.CCOCCOCCNC(=O)c1ccc2nc(CBr)c(CBr)nc2c1. The summed E-state index contributed by atoms with van der Waals surface area (Å²) in [6.07, 6.45) is 5.35. The van der Waals surface area contributed by atoms with Crippen molar-refractivity contribution in [2.75, 3.05) is 65.2 Å². The first-order valence-electron chi connectivity index (χ1n) is 25.2. The number of aliphatic hydroxyl groups is 1. The maximum absolute atomic E-state index is 14.0.